The molecule has 0 radical (unpaired) electrons. The highest BCUT2D eigenvalue weighted by molar-refractivity contribution is 5.81. The van der Waals surface area contributed by atoms with Crippen molar-refractivity contribution in [3.8, 4) is 11.1 Å². The Bertz CT molecular complexity index is 696. The Morgan fingerprint density at radius 2 is 1.88 bits per heavy atom. The monoisotopic (exact) mass is 211 g/mol. The Morgan fingerprint density at radius 3 is 2.75 bits per heavy atom. The molecule has 16 heavy (non-hydrogen) atoms. The summed E-state index contributed by atoms with van der Waals surface area (Å²) >= 11 is 0. The van der Waals surface area contributed by atoms with Gasteiger partial charge in [-0.2, -0.15) is 0 Å². The van der Waals surface area contributed by atoms with Crippen LogP contribution in [0.25, 0.3) is 22.2 Å². The van der Waals surface area contributed by atoms with Crippen LogP contribution >= 0.6 is 0 Å². The first kappa shape index (κ1) is 8.91. The van der Waals surface area contributed by atoms with Gasteiger partial charge in [-0.1, -0.05) is 6.07 Å². The first-order valence-electron chi connectivity index (χ1n) is 4.95. The van der Waals surface area contributed by atoms with Crippen molar-refractivity contribution < 1.29 is 0 Å². The quantitative estimate of drug-likeness (QED) is 0.646. The van der Waals surface area contributed by atoms with Crippen molar-refractivity contribution in [2.75, 3.05) is 0 Å². The number of fused-ring (bicyclic) bond motifs is 1. The van der Waals surface area contributed by atoms with Crippen LogP contribution in [0.5, 0.6) is 0 Å². The zero-order chi connectivity index (χ0) is 11.0. The van der Waals surface area contributed by atoms with Crippen LogP contribution < -0.4 is 5.56 Å². The van der Waals surface area contributed by atoms with Gasteiger partial charge in [0.15, 0.2) is 0 Å². The summed E-state index contributed by atoms with van der Waals surface area (Å²) in [6.45, 7) is 0. The van der Waals surface area contributed by atoms with Gasteiger partial charge in [0.1, 0.15) is 0 Å². The molecule has 2 heterocycles. The molecule has 0 amide bonds. The number of rotatable bonds is 1. The summed E-state index contributed by atoms with van der Waals surface area (Å²) in [5.74, 6) is 0. The van der Waals surface area contributed by atoms with Crippen LogP contribution in [0, 0.1) is 0 Å². The molecule has 0 fully saturated rings. The number of H-pyrrole nitrogens is 2. The molecule has 4 nitrogen and oxygen atoms in total. The van der Waals surface area contributed by atoms with Crippen molar-refractivity contribution in [1.29, 1.82) is 0 Å². The molecule has 1 aromatic carbocycles. The molecule has 0 aliphatic rings. The summed E-state index contributed by atoms with van der Waals surface area (Å²) in [5.41, 5.74) is 3.71. The molecule has 2 N–H and O–H groups in total. The summed E-state index contributed by atoms with van der Waals surface area (Å²) < 4.78 is 0. The van der Waals surface area contributed by atoms with Gasteiger partial charge in [0.05, 0.1) is 17.4 Å². The molecule has 0 atom stereocenters. The fourth-order valence-corrected chi connectivity index (χ4v) is 1.74. The van der Waals surface area contributed by atoms with Gasteiger partial charge in [-0.15, -0.1) is 0 Å². The van der Waals surface area contributed by atoms with Crippen molar-refractivity contribution in [1.82, 2.24) is 15.0 Å². The van der Waals surface area contributed by atoms with Crippen molar-refractivity contribution in [3.63, 3.8) is 0 Å². The number of aromatic nitrogens is 3. The Labute approximate surface area is 91.0 Å². The van der Waals surface area contributed by atoms with E-state index in [0.29, 0.717) is 0 Å². The van der Waals surface area contributed by atoms with E-state index < -0.39 is 0 Å². The average molecular weight is 211 g/mol. The van der Waals surface area contributed by atoms with E-state index >= 15 is 0 Å². The molecule has 3 rings (SSSR count). The zero-order valence-electron chi connectivity index (χ0n) is 8.40. The molecule has 0 saturated carbocycles. The number of aromatic amines is 2. The van der Waals surface area contributed by atoms with E-state index in [-0.39, 0.29) is 5.56 Å². The second kappa shape index (κ2) is 3.34. The van der Waals surface area contributed by atoms with E-state index in [1.807, 2.05) is 24.3 Å². The van der Waals surface area contributed by atoms with Crippen LogP contribution in [0.4, 0.5) is 0 Å². The highest BCUT2D eigenvalue weighted by atomic mass is 16.1. The van der Waals surface area contributed by atoms with Gasteiger partial charge >= 0.3 is 0 Å². The van der Waals surface area contributed by atoms with Crippen LogP contribution in [-0.2, 0) is 0 Å². The second-order valence-electron chi connectivity index (χ2n) is 3.58. The highest BCUT2D eigenvalue weighted by Gasteiger charge is 2.01. The normalized spacial score (nSPS) is 10.8. The number of hydrogen-bond acceptors (Lipinski definition) is 2. The summed E-state index contributed by atoms with van der Waals surface area (Å²) in [4.78, 5) is 21.0. The fourth-order valence-electron chi connectivity index (χ4n) is 1.74. The van der Waals surface area contributed by atoms with E-state index in [4.69, 9.17) is 0 Å². The third-order valence-electron chi connectivity index (χ3n) is 2.53. The Hall–Kier alpha value is -2.36. The van der Waals surface area contributed by atoms with Gasteiger partial charge in [0, 0.05) is 12.3 Å². The van der Waals surface area contributed by atoms with E-state index in [1.165, 1.54) is 0 Å². The molecule has 2 aromatic heterocycles. The summed E-state index contributed by atoms with van der Waals surface area (Å²) in [7, 11) is 0. The van der Waals surface area contributed by atoms with Crippen LogP contribution in [0.2, 0.25) is 0 Å². The SMILES string of the molecule is O=c1cc(-c2ccc3nc[nH]c3c2)cc[nH]1. The fraction of sp³-hybridized carbons (Fsp3) is 0. The van der Waals surface area contributed by atoms with Crippen LogP contribution in [0.15, 0.2) is 47.7 Å². The van der Waals surface area contributed by atoms with E-state index in [0.717, 1.165) is 22.2 Å². The number of nitrogens with one attached hydrogen (secondary N) is 2. The summed E-state index contributed by atoms with van der Waals surface area (Å²) in [6, 6.07) is 9.33. The molecule has 78 valence electrons. The molecule has 3 aromatic rings. The average Bonchev–Trinajstić information content (AvgIpc) is 2.75. The zero-order valence-corrected chi connectivity index (χ0v) is 8.40. The number of nitrogens with zero attached hydrogens (tertiary/aromatic N) is 1. The third kappa shape index (κ3) is 1.40. The van der Waals surface area contributed by atoms with Gasteiger partial charge in [-0.3, -0.25) is 4.79 Å². The van der Waals surface area contributed by atoms with Gasteiger partial charge in [-0.05, 0) is 29.3 Å². The molecule has 0 saturated heterocycles. The lowest BCUT2D eigenvalue weighted by molar-refractivity contribution is 1.24. The number of hydrogen-bond donors (Lipinski definition) is 2. The maximum atomic E-state index is 11.2. The molecule has 4 heteroatoms. The standard InChI is InChI=1S/C12H9N3O/c16-12-6-9(3-4-13-12)8-1-2-10-11(5-8)15-7-14-10/h1-7H,(H,13,16)(H,14,15). The van der Waals surface area contributed by atoms with Crippen LogP contribution in [0.1, 0.15) is 0 Å². The molecule has 0 aliphatic carbocycles. The maximum absolute atomic E-state index is 11.2. The lowest BCUT2D eigenvalue weighted by atomic mass is 10.1. The van der Waals surface area contributed by atoms with E-state index in [2.05, 4.69) is 15.0 Å². The predicted octanol–water partition coefficient (Wildman–Crippen LogP) is 1.92. The predicted molar refractivity (Wildman–Crippen MR) is 62.2 cm³/mol. The minimum atomic E-state index is -0.0952. The largest absolute Gasteiger partial charge is 0.345 e. The minimum Gasteiger partial charge on any atom is -0.345 e. The lowest BCUT2D eigenvalue weighted by Crippen LogP contribution is -2.01. The molecule has 0 spiro atoms. The topological polar surface area (TPSA) is 61.5 Å². The molecular formula is C12H9N3O. The van der Waals surface area contributed by atoms with E-state index in [1.54, 1.807) is 18.6 Å². The van der Waals surface area contributed by atoms with Gasteiger partial charge in [0.25, 0.3) is 0 Å². The van der Waals surface area contributed by atoms with Crippen LogP contribution in [0.3, 0.4) is 0 Å². The van der Waals surface area contributed by atoms with Gasteiger partial charge in [-0.25, -0.2) is 4.98 Å². The first-order valence-corrected chi connectivity index (χ1v) is 4.95. The summed E-state index contributed by atoms with van der Waals surface area (Å²) in [6.07, 6.45) is 3.31. The van der Waals surface area contributed by atoms with Crippen molar-refractivity contribution in [2.24, 2.45) is 0 Å². The lowest BCUT2D eigenvalue weighted by Gasteiger charge is -2.00. The van der Waals surface area contributed by atoms with Gasteiger partial charge in [0.2, 0.25) is 5.56 Å². The van der Waals surface area contributed by atoms with Crippen molar-refractivity contribution in [3.05, 3.63) is 53.2 Å². The Kier molecular flexibility index (Phi) is 1.86. The smallest absolute Gasteiger partial charge is 0.248 e. The van der Waals surface area contributed by atoms with Crippen molar-refractivity contribution >= 4 is 11.0 Å². The highest BCUT2D eigenvalue weighted by Crippen LogP contribution is 2.20. The molecule has 0 aliphatic heterocycles. The van der Waals surface area contributed by atoms with Crippen LogP contribution in [-0.4, -0.2) is 15.0 Å². The second-order valence-corrected chi connectivity index (χ2v) is 3.58. The molecule has 0 unspecified atom stereocenters. The Balaban J connectivity index is 2.21. The Morgan fingerprint density at radius 1 is 1.00 bits per heavy atom. The number of imidazole rings is 1. The molecular weight excluding hydrogens is 202 g/mol. The summed E-state index contributed by atoms with van der Waals surface area (Å²) in [5, 5.41) is 0. The number of benzene rings is 1. The molecule has 0 bridgehead atoms. The van der Waals surface area contributed by atoms with E-state index in [9.17, 15) is 4.79 Å². The maximum Gasteiger partial charge on any atom is 0.248 e. The van der Waals surface area contributed by atoms with Crippen molar-refractivity contribution in [2.45, 2.75) is 0 Å². The third-order valence-corrected chi connectivity index (χ3v) is 2.53. The number of pyridine rings is 1. The first-order chi connectivity index (χ1) is 7.83. The minimum absolute atomic E-state index is 0.0952. The van der Waals surface area contributed by atoms with Gasteiger partial charge < -0.3 is 9.97 Å².